The average molecular weight is 362 g/mol. The average Bonchev–Trinajstić information content (AvgIpc) is 2.70. The zero-order valence-electron chi connectivity index (χ0n) is 10.5. The van der Waals surface area contributed by atoms with E-state index >= 15 is 0 Å². The molecule has 19 heavy (non-hydrogen) atoms. The second kappa shape index (κ2) is 6.24. The Balaban J connectivity index is 2.50. The molecule has 3 N–H and O–H groups in total. The first-order chi connectivity index (χ1) is 9.06. The number of halogens is 2. The minimum atomic E-state index is -0.149. The number of thiophene rings is 1. The summed E-state index contributed by atoms with van der Waals surface area (Å²) in [6, 6.07) is 7.46. The van der Waals surface area contributed by atoms with Gasteiger partial charge in [0, 0.05) is 15.5 Å². The fourth-order valence-electron chi connectivity index (χ4n) is 1.88. The lowest BCUT2D eigenvalue weighted by Crippen LogP contribution is -2.28. The van der Waals surface area contributed by atoms with Crippen LogP contribution in [0.15, 0.2) is 28.1 Å². The predicted molar refractivity (Wildman–Crippen MR) is 83.9 cm³/mol. The Bertz CT molecular complexity index is 569. The smallest absolute Gasteiger partial charge is 0.124 e. The summed E-state index contributed by atoms with van der Waals surface area (Å²) in [5.74, 6) is 6.47. The minimum Gasteiger partial charge on any atom is -0.496 e. The largest absolute Gasteiger partial charge is 0.496 e. The van der Waals surface area contributed by atoms with Crippen LogP contribution in [0.25, 0.3) is 0 Å². The van der Waals surface area contributed by atoms with E-state index < -0.39 is 0 Å². The summed E-state index contributed by atoms with van der Waals surface area (Å²) in [7, 11) is 1.63. The van der Waals surface area contributed by atoms with Gasteiger partial charge in [0.2, 0.25) is 0 Å². The number of methoxy groups -OCH3 is 1. The predicted octanol–water partition coefficient (Wildman–Crippen LogP) is 4.03. The number of rotatable bonds is 4. The highest BCUT2D eigenvalue weighted by atomic mass is 79.9. The number of nitrogens with two attached hydrogens (primary N) is 1. The number of aryl methyl sites for hydroxylation is 1. The van der Waals surface area contributed by atoms with Crippen molar-refractivity contribution in [2.75, 3.05) is 7.11 Å². The molecule has 0 spiro atoms. The van der Waals surface area contributed by atoms with Crippen LogP contribution in [0, 0.1) is 6.92 Å². The molecule has 0 radical (unpaired) electrons. The Hall–Kier alpha value is -0.590. The van der Waals surface area contributed by atoms with Crippen molar-refractivity contribution in [3.05, 3.63) is 49.1 Å². The molecule has 0 aliphatic carbocycles. The Morgan fingerprint density at radius 1 is 1.42 bits per heavy atom. The molecule has 0 aliphatic heterocycles. The standard InChI is InChI=1S/C13H14BrClN2OS/c1-7-5-11(19-13(7)14)12(17-16)9-6-8(15)3-4-10(9)18-2/h3-6,12,17H,16H2,1-2H3. The van der Waals surface area contributed by atoms with E-state index in [1.165, 1.54) is 5.56 Å². The van der Waals surface area contributed by atoms with Gasteiger partial charge in [0.1, 0.15) is 5.75 Å². The van der Waals surface area contributed by atoms with E-state index in [9.17, 15) is 0 Å². The molecule has 2 aromatic rings. The van der Waals surface area contributed by atoms with Gasteiger partial charge in [-0.05, 0) is 52.7 Å². The van der Waals surface area contributed by atoms with E-state index in [1.807, 2.05) is 19.1 Å². The Morgan fingerprint density at radius 2 is 2.16 bits per heavy atom. The molecular formula is C13H14BrClN2OS. The van der Waals surface area contributed by atoms with Crippen LogP contribution in [0.2, 0.25) is 5.02 Å². The fourth-order valence-corrected chi connectivity index (χ4v) is 3.71. The third-order valence-corrected chi connectivity index (χ3v) is 5.27. The normalized spacial score (nSPS) is 12.5. The van der Waals surface area contributed by atoms with Crippen molar-refractivity contribution in [2.24, 2.45) is 5.84 Å². The van der Waals surface area contributed by atoms with E-state index in [2.05, 4.69) is 27.4 Å². The molecule has 0 bridgehead atoms. The van der Waals surface area contributed by atoms with E-state index in [1.54, 1.807) is 24.5 Å². The van der Waals surface area contributed by atoms with Crippen LogP contribution in [-0.4, -0.2) is 7.11 Å². The zero-order chi connectivity index (χ0) is 14.0. The highest BCUT2D eigenvalue weighted by Crippen LogP contribution is 2.37. The number of benzene rings is 1. The number of hydrazine groups is 1. The molecular weight excluding hydrogens is 348 g/mol. The van der Waals surface area contributed by atoms with Gasteiger partial charge < -0.3 is 4.74 Å². The Labute approximate surface area is 129 Å². The molecule has 6 heteroatoms. The second-order valence-electron chi connectivity index (χ2n) is 4.09. The molecule has 1 atom stereocenters. The topological polar surface area (TPSA) is 47.3 Å². The molecule has 1 unspecified atom stereocenters. The van der Waals surface area contributed by atoms with Crippen LogP contribution < -0.4 is 16.0 Å². The maximum absolute atomic E-state index is 6.07. The van der Waals surface area contributed by atoms with Crippen LogP contribution in [0.4, 0.5) is 0 Å². The SMILES string of the molecule is COc1ccc(Cl)cc1C(NN)c1cc(C)c(Br)s1. The summed E-state index contributed by atoms with van der Waals surface area (Å²) >= 11 is 11.2. The van der Waals surface area contributed by atoms with Gasteiger partial charge in [-0.25, -0.2) is 5.43 Å². The molecule has 2 rings (SSSR count). The molecule has 1 heterocycles. The molecule has 0 saturated heterocycles. The van der Waals surface area contributed by atoms with E-state index in [4.69, 9.17) is 22.2 Å². The van der Waals surface area contributed by atoms with Gasteiger partial charge in [0.25, 0.3) is 0 Å². The van der Waals surface area contributed by atoms with Crippen molar-refractivity contribution >= 4 is 38.9 Å². The van der Waals surface area contributed by atoms with Crippen molar-refractivity contribution < 1.29 is 4.74 Å². The van der Waals surface area contributed by atoms with Gasteiger partial charge in [0.15, 0.2) is 0 Å². The number of hydrogen-bond donors (Lipinski definition) is 2. The fraction of sp³-hybridized carbons (Fsp3) is 0.231. The lowest BCUT2D eigenvalue weighted by molar-refractivity contribution is 0.404. The third-order valence-electron chi connectivity index (χ3n) is 2.83. The molecule has 0 saturated carbocycles. The Morgan fingerprint density at radius 3 is 2.68 bits per heavy atom. The maximum Gasteiger partial charge on any atom is 0.124 e. The summed E-state index contributed by atoms with van der Waals surface area (Å²) in [5.41, 5.74) is 4.93. The van der Waals surface area contributed by atoms with Crippen molar-refractivity contribution in [3.63, 3.8) is 0 Å². The van der Waals surface area contributed by atoms with Crippen molar-refractivity contribution in [2.45, 2.75) is 13.0 Å². The van der Waals surface area contributed by atoms with Crippen LogP contribution in [0.3, 0.4) is 0 Å². The van der Waals surface area contributed by atoms with Crippen LogP contribution in [-0.2, 0) is 0 Å². The summed E-state index contributed by atoms with van der Waals surface area (Å²) in [4.78, 5) is 1.10. The molecule has 1 aromatic heterocycles. The quantitative estimate of drug-likeness (QED) is 0.638. The summed E-state index contributed by atoms with van der Waals surface area (Å²) in [6.45, 7) is 2.05. The van der Waals surface area contributed by atoms with Crippen LogP contribution in [0.5, 0.6) is 5.75 Å². The highest BCUT2D eigenvalue weighted by Gasteiger charge is 2.20. The zero-order valence-corrected chi connectivity index (χ0v) is 13.7. The first-order valence-corrected chi connectivity index (χ1v) is 7.61. The van der Waals surface area contributed by atoms with E-state index in [-0.39, 0.29) is 6.04 Å². The van der Waals surface area contributed by atoms with Gasteiger partial charge in [-0.1, -0.05) is 11.6 Å². The van der Waals surface area contributed by atoms with Crippen LogP contribution in [0.1, 0.15) is 22.0 Å². The van der Waals surface area contributed by atoms with Gasteiger partial charge in [0.05, 0.1) is 16.9 Å². The molecule has 102 valence electrons. The van der Waals surface area contributed by atoms with Crippen LogP contribution >= 0.6 is 38.9 Å². The third kappa shape index (κ3) is 3.12. The summed E-state index contributed by atoms with van der Waals surface area (Å²) < 4.78 is 6.48. The first kappa shape index (κ1) is 14.8. The lowest BCUT2D eigenvalue weighted by atomic mass is 10.0. The molecule has 1 aromatic carbocycles. The number of hydrogen-bond acceptors (Lipinski definition) is 4. The van der Waals surface area contributed by atoms with Gasteiger partial charge in [-0.15, -0.1) is 11.3 Å². The molecule has 3 nitrogen and oxygen atoms in total. The first-order valence-electron chi connectivity index (χ1n) is 5.62. The van der Waals surface area contributed by atoms with Crippen molar-refractivity contribution in [1.82, 2.24) is 5.43 Å². The van der Waals surface area contributed by atoms with E-state index in [0.717, 1.165) is 20.0 Å². The number of ether oxygens (including phenoxy) is 1. The monoisotopic (exact) mass is 360 g/mol. The molecule has 0 fully saturated rings. The lowest BCUT2D eigenvalue weighted by Gasteiger charge is -2.18. The minimum absolute atomic E-state index is 0.149. The number of nitrogens with one attached hydrogen (secondary N) is 1. The highest BCUT2D eigenvalue weighted by molar-refractivity contribution is 9.11. The van der Waals surface area contributed by atoms with Gasteiger partial charge >= 0.3 is 0 Å². The molecule has 0 aliphatic rings. The summed E-state index contributed by atoms with van der Waals surface area (Å²) in [5, 5.41) is 0.656. The maximum atomic E-state index is 6.07. The van der Waals surface area contributed by atoms with Crippen molar-refractivity contribution in [1.29, 1.82) is 0 Å². The van der Waals surface area contributed by atoms with Gasteiger partial charge in [-0.3, -0.25) is 5.84 Å². The van der Waals surface area contributed by atoms with Crippen molar-refractivity contribution in [3.8, 4) is 5.75 Å². The molecule has 0 amide bonds. The van der Waals surface area contributed by atoms with E-state index in [0.29, 0.717) is 5.02 Å². The second-order valence-corrected chi connectivity index (χ2v) is 6.93. The summed E-state index contributed by atoms with van der Waals surface area (Å²) in [6.07, 6.45) is 0. The Kier molecular flexibility index (Phi) is 4.86. The van der Waals surface area contributed by atoms with Gasteiger partial charge in [-0.2, -0.15) is 0 Å².